The maximum atomic E-state index is 4.49. The smallest absolute Gasteiger partial charge is 0.0647 e. The molecule has 0 saturated heterocycles. The van der Waals surface area contributed by atoms with Crippen LogP contribution in [0.25, 0.3) is 0 Å². The molecule has 0 aromatic carbocycles. The van der Waals surface area contributed by atoms with Gasteiger partial charge < -0.3 is 5.32 Å². The third-order valence-corrected chi connectivity index (χ3v) is 3.53. The van der Waals surface area contributed by atoms with Gasteiger partial charge in [-0.1, -0.05) is 0 Å². The van der Waals surface area contributed by atoms with Crippen molar-refractivity contribution in [2.45, 2.75) is 26.8 Å². The van der Waals surface area contributed by atoms with E-state index >= 15 is 0 Å². The van der Waals surface area contributed by atoms with Crippen molar-refractivity contribution in [2.75, 3.05) is 7.05 Å². The van der Waals surface area contributed by atoms with E-state index in [2.05, 4.69) is 36.2 Å². The zero-order chi connectivity index (χ0) is 13.3. The zero-order valence-electron chi connectivity index (χ0n) is 11.7. The first-order valence-corrected chi connectivity index (χ1v) is 6.14. The minimum Gasteiger partial charge on any atom is -0.309 e. The summed E-state index contributed by atoms with van der Waals surface area (Å²) in [6.45, 7) is 6.27. The lowest BCUT2D eigenvalue weighted by molar-refractivity contribution is 0.671. The number of rotatable bonds is 3. The van der Waals surface area contributed by atoms with Crippen molar-refractivity contribution in [3.05, 3.63) is 46.5 Å². The molecule has 2 heterocycles. The summed E-state index contributed by atoms with van der Waals surface area (Å²) in [4.78, 5) is 4.24. The second kappa shape index (κ2) is 4.90. The minimum atomic E-state index is 0.146. The fraction of sp³-hybridized carbons (Fsp3) is 0.429. The fourth-order valence-corrected chi connectivity index (χ4v) is 2.44. The number of nitrogens with one attached hydrogen (secondary N) is 1. The van der Waals surface area contributed by atoms with Crippen molar-refractivity contribution in [3.8, 4) is 0 Å². The van der Waals surface area contributed by atoms with Gasteiger partial charge in [-0.3, -0.25) is 9.67 Å². The highest BCUT2D eigenvalue weighted by molar-refractivity contribution is 5.39. The SMILES string of the molecule is CNC(c1cnccc1C)c1c(C)nn(C)c1C. The van der Waals surface area contributed by atoms with Crippen LogP contribution in [-0.2, 0) is 7.05 Å². The van der Waals surface area contributed by atoms with Crippen molar-refractivity contribution in [1.29, 1.82) is 0 Å². The molecular formula is C14H20N4. The molecule has 0 bridgehead atoms. The minimum absolute atomic E-state index is 0.146. The van der Waals surface area contributed by atoms with E-state index in [4.69, 9.17) is 0 Å². The molecule has 4 heteroatoms. The van der Waals surface area contributed by atoms with Crippen molar-refractivity contribution >= 4 is 0 Å². The molecule has 0 saturated carbocycles. The molecule has 0 aliphatic carbocycles. The van der Waals surface area contributed by atoms with Gasteiger partial charge in [0.05, 0.1) is 11.7 Å². The highest BCUT2D eigenvalue weighted by Crippen LogP contribution is 2.28. The average molecular weight is 244 g/mol. The van der Waals surface area contributed by atoms with Crippen LogP contribution in [0.4, 0.5) is 0 Å². The van der Waals surface area contributed by atoms with Crippen LogP contribution < -0.4 is 5.32 Å². The van der Waals surface area contributed by atoms with E-state index in [9.17, 15) is 0 Å². The maximum Gasteiger partial charge on any atom is 0.0647 e. The number of aryl methyl sites for hydroxylation is 3. The standard InChI is InChI=1S/C14H20N4/c1-9-6-7-16-8-12(9)14(15-4)13-10(2)17-18(5)11(13)3/h6-8,14-15H,1-5H3. The molecular weight excluding hydrogens is 224 g/mol. The largest absolute Gasteiger partial charge is 0.309 e. The first-order chi connectivity index (χ1) is 8.56. The summed E-state index contributed by atoms with van der Waals surface area (Å²) in [7, 11) is 3.96. The van der Waals surface area contributed by atoms with Crippen LogP contribution >= 0.6 is 0 Å². The topological polar surface area (TPSA) is 42.7 Å². The normalized spacial score (nSPS) is 12.7. The molecule has 0 spiro atoms. The molecule has 96 valence electrons. The Labute approximate surface area is 108 Å². The number of hydrogen-bond acceptors (Lipinski definition) is 3. The number of hydrogen-bond donors (Lipinski definition) is 1. The van der Waals surface area contributed by atoms with E-state index in [0.29, 0.717) is 0 Å². The van der Waals surface area contributed by atoms with Crippen molar-refractivity contribution in [1.82, 2.24) is 20.1 Å². The van der Waals surface area contributed by atoms with Crippen LogP contribution in [0.1, 0.15) is 34.1 Å². The molecule has 0 aliphatic rings. The van der Waals surface area contributed by atoms with Gasteiger partial charge in [-0.25, -0.2) is 0 Å². The third kappa shape index (κ3) is 2.04. The Bertz CT molecular complexity index is 557. The van der Waals surface area contributed by atoms with Gasteiger partial charge in [-0.2, -0.15) is 5.10 Å². The summed E-state index contributed by atoms with van der Waals surface area (Å²) < 4.78 is 1.93. The molecule has 0 aliphatic heterocycles. The predicted molar refractivity (Wildman–Crippen MR) is 72.6 cm³/mol. The van der Waals surface area contributed by atoms with Gasteiger partial charge in [0.2, 0.25) is 0 Å². The van der Waals surface area contributed by atoms with Crippen LogP contribution in [0.3, 0.4) is 0 Å². The summed E-state index contributed by atoms with van der Waals surface area (Å²) in [6.07, 6.45) is 3.76. The van der Waals surface area contributed by atoms with E-state index in [-0.39, 0.29) is 6.04 Å². The molecule has 1 N–H and O–H groups in total. The molecule has 1 unspecified atom stereocenters. The number of aromatic nitrogens is 3. The molecule has 0 amide bonds. The first kappa shape index (κ1) is 12.8. The van der Waals surface area contributed by atoms with Crippen LogP contribution in [-0.4, -0.2) is 21.8 Å². The molecule has 1 atom stereocenters. The zero-order valence-corrected chi connectivity index (χ0v) is 11.7. The Balaban J connectivity index is 2.56. The Morgan fingerprint density at radius 2 is 2.00 bits per heavy atom. The van der Waals surface area contributed by atoms with Crippen LogP contribution in [0.5, 0.6) is 0 Å². The average Bonchev–Trinajstić information content (AvgIpc) is 2.59. The molecule has 2 aromatic heterocycles. The monoisotopic (exact) mass is 244 g/mol. The Kier molecular flexibility index (Phi) is 3.48. The van der Waals surface area contributed by atoms with E-state index in [1.807, 2.05) is 37.2 Å². The molecule has 18 heavy (non-hydrogen) atoms. The summed E-state index contributed by atoms with van der Waals surface area (Å²) >= 11 is 0. The molecule has 0 radical (unpaired) electrons. The summed E-state index contributed by atoms with van der Waals surface area (Å²) in [5.41, 5.74) is 5.95. The van der Waals surface area contributed by atoms with Crippen molar-refractivity contribution < 1.29 is 0 Å². The maximum absolute atomic E-state index is 4.49. The van der Waals surface area contributed by atoms with Crippen molar-refractivity contribution in [2.24, 2.45) is 7.05 Å². The highest BCUT2D eigenvalue weighted by Gasteiger charge is 2.21. The van der Waals surface area contributed by atoms with E-state index in [1.165, 1.54) is 22.4 Å². The van der Waals surface area contributed by atoms with E-state index < -0.39 is 0 Å². The summed E-state index contributed by atoms with van der Waals surface area (Å²) in [5.74, 6) is 0. The van der Waals surface area contributed by atoms with Gasteiger partial charge >= 0.3 is 0 Å². The van der Waals surface area contributed by atoms with Gasteiger partial charge in [0.25, 0.3) is 0 Å². The van der Waals surface area contributed by atoms with Gasteiger partial charge in [0, 0.05) is 30.7 Å². The summed E-state index contributed by atoms with van der Waals surface area (Å²) in [6, 6.07) is 2.19. The Morgan fingerprint density at radius 1 is 1.28 bits per heavy atom. The van der Waals surface area contributed by atoms with Crippen molar-refractivity contribution in [3.63, 3.8) is 0 Å². The molecule has 2 aromatic rings. The fourth-order valence-electron chi connectivity index (χ4n) is 2.44. The lowest BCUT2D eigenvalue weighted by Crippen LogP contribution is -2.20. The highest BCUT2D eigenvalue weighted by atomic mass is 15.3. The van der Waals surface area contributed by atoms with Crippen LogP contribution in [0.15, 0.2) is 18.5 Å². The van der Waals surface area contributed by atoms with E-state index in [0.717, 1.165) is 5.69 Å². The van der Waals surface area contributed by atoms with Gasteiger partial charge in [0.1, 0.15) is 0 Å². The summed E-state index contributed by atoms with van der Waals surface area (Å²) in [5, 5.41) is 7.87. The second-order valence-corrected chi connectivity index (χ2v) is 4.66. The third-order valence-electron chi connectivity index (χ3n) is 3.53. The predicted octanol–water partition coefficient (Wildman–Crippen LogP) is 2.05. The lowest BCUT2D eigenvalue weighted by atomic mass is 9.95. The molecule has 2 rings (SSSR count). The van der Waals surface area contributed by atoms with Crippen LogP contribution in [0, 0.1) is 20.8 Å². The van der Waals surface area contributed by atoms with E-state index in [1.54, 1.807) is 0 Å². The van der Waals surface area contributed by atoms with Crippen LogP contribution in [0.2, 0.25) is 0 Å². The molecule has 0 fully saturated rings. The second-order valence-electron chi connectivity index (χ2n) is 4.66. The van der Waals surface area contributed by atoms with Gasteiger partial charge in [-0.05, 0) is 45.0 Å². The quantitative estimate of drug-likeness (QED) is 0.898. The Morgan fingerprint density at radius 3 is 2.50 bits per heavy atom. The lowest BCUT2D eigenvalue weighted by Gasteiger charge is -2.19. The van der Waals surface area contributed by atoms with Gasteiger partial charge in [0.15, 0.2) is 0 Å². The van der Waals surface area contributed by atoms with Gasteiger partial charge in [-0.15, -0.1) is 0 Å². The first-order valence-electron chi connectivity index (χ1n) is 6.14. The molecule has 4 nitrogen and oxygen atoms in total. The number of pyridine rings is 1. The Hall–Kier alpha value is -1.68. The number of nitrogens with zero attached hydrogens (tertiary/aromatic N) is 3.